The maximum atomic E-state index is 10.7. The average Bonchev–Trinajstić information content (AvgIpc) is 2.48. The second-order valence-corrected chi connectivity index (χ2v) is 2.74. The molecule has 1 rings (SSSR count). The summed E-state index contributed by atoms with van der Waals surface area (Å²) in [4.78, 5) is 12.1. The monoisotopic (exact) mass is 183 g/mol. The number of hydrogen-bond acceptors (Lipinski definition) is 3. The number of aromatic carboxylic acids is 1. The quantitative estimate of drug-likeness (QED) is 0.754. The van der Waals surface area contributed by atoms with E-state index in [4.69, 9.17) is 5.11 Å². The molecule has 0 unspecified atom stereocenters. The van der Waals surface area contributed by atoms with Gasteiger partial charge in [-0.3, -0.25) is 0 Å². The zero-order valence-electron chi connectivity index (χ0n) is 7.82. The molecule has 5 nitrogen and oxygen atoms in total. The largest absolute Gasteiger partial charge is 0.476 e. The summed E-state index contributed by atoms with van der Waals surface area (Å²) in [5, 5.41) is 16.7. The smallest absolute Gasteiger partial charge is 0.358 e. The lowest BCUT2D eigenvalue weighted by molar-refractivity contribution is 0.0688. The molecule has 0 atom stereocenters. The second kappa shape index (κ2) is 4.02. The summed E-state index contributed by atoms with van der Waals surface area (Å²) in [6, 6.07) is 0. The minimum atomic E-state index is -0.997. The first-order valence-electron chi connectivity index (χ1n) is 4.36. The van der Waals surface area contributed by atoms with Gasteiger partial charge in [0.25, 0.3) is 0 Å². The average molecular weight is 183 g/mol. The predicted molar refractivity (Wildman–Crippen MR) is 46.7 cm³/mol. The molecular formula is C8H13N3O2. The number of rotatable bonds is 4. The van der Waals surface area contributed by atoms with Crippen LogP contribution in [0.3, 0.4) is 0 Å². The van der Waals surface area contributed by atoms with Crippen LogP contribution in [-0.4, -0.2) is 26.1 Å². The summed E-state index contributed by atoms with van der Waals surface area (Å²) >= 11 is 0. The van der Waals surface area contributed by atoms with Crippen molar-refractivity contribution in [3.63, 3.8) is 0 Å². The summed E-state index contributed by atoms with van der Waals surface area (Å²) in [5.41, 5.74) is 0.667. The fourth-order valence-electron chi connectivity index (χ4n) is 1.10. The van der Waals surface area contributed by atoms with Gasteiger partial charge in [0.05, 0.1) is 12.2 Å². The molecule has 72 valence electrons. The Morgan fingerprint density at radius 2 is 2.15 bits per heavy atom. The van der Waals surface area contributed by atoms with Gasteiger partial charge in [0, 0.05) is 0 Å². The van der Waals surface area contributed by atoms with Gasteiger partial charge < -0.3 is 5.11 Å². The number of hydrogen-bond donors (Lipinski definition) is 1. The van der Waals surface area contributed by atoms with Crippen LogP contribution in [0.2, 0.25) is 0 Å². The number of nitrogens with zero attached hydrogens (tertiary/aromatic N) is 3. The lowest BCUT2D eigenvalue weighted by Gasteiger charge is -1.90. The van der Waals surface area contributed by atoms with E-state index in [1.807, 2.05) is 13.8 Å². The molecule has 1 aromatic rings. The van der Waals surface area contributed by atoms with Crippen LogP contribution in [0.15, 0.2) is 0 Å². The molecule has 1 heterocycles. The summed E-state index contributed by atoms with van der Waals surface area (Å²) in [6.45, 7) is 4.46. The van der Waals surface area contributed by atoms with Crippen LogP contribution in [0.5, 0.6) is 0 Å². The van der Waals surface area contributed by atoms with Crippen LogP contribution < -0.4 is 0 Å². The molecule has 0 saturated carbocycles. The molecule has 5 heteroatoms. The minimum absolute atomic E-state index is 0.0868. The Hall–Kier alpha value is -1.39. The molecule has 0 amide bonds. The van der Waals surface area contributed by atoms with E-state index in [9.17, 15) is 4.79 Å². The Kier molecular flexibility index (Phi) is 3.00. The van der Waals surface area contributed by atoms with Gasteiger partial charge >= 0.3 is 5.97 Å². The molecule has 1 aromatic heterocycles. The highest BCUT2D eigenvalue weighted by atomic mass is 16.4. The third kappa shape index (κ3) is 2.05. The van der Waals surface area contributed by atoms with E-state index in [0.717, 1.165) is 6.42 Å². The normalized spacial score (nSPS) is 10.3. The lowest BCUT2D eigenvalue weighted by atomic mass is 10.2. The van der Waals surface area contributed by atoms with Crippen molar-refractivity contribution in [1.82, 2.24) is 15.0 Å². The van der Waals surface area contributed by atoms with Crippen molar-refractivity contribution in [2.45, 2.75) is 33.2 Å². The van der Waals surface area contributed by atoms with Gasteiger partial charge in [0.15, 0.2) is 5.69 Å². The van der Waals surface area contributed by atoms with Crippen LogP contribution in [0, 0.1) is 0 Å². The van der Waals surface area contributed by atoms with Crippen LogP contribution in [0.25, 0.3) is 0 Å². The van der Waals surface area contributed by atoms with E-state index < -0.39 is 5.97 Å². The van der Waals surface area contributed by atoms with Crippen LogP contribution >= 0.6 is 0 Å². The fourth-order valence-corrected chi connectivity index (χ4v) is 1.10. The van der Waals surface area contributed by atoms with Gasteiger partial charge in [-0.1, -0.05) is 13.3 Å². The Labute approximate surface area is 76.4 Å². The molecule has 0 fully saturated rings. The zero-order valence-corrected chi connectivity index (χ0v) is 7.82. The van der Waals surface area contributed by atoms with Gasteiger partial charge in [-0.2, -0.15) is 9.90 Å². The Morgan fingerprint density at radius 1 is 1.46 bits per heavy atom. The molecule has 1 N–H and O–H groups in total. The molecule has 0 bridgehead atoms. The molecule has 0 aliphatic rings. The predicted octanol–water partition coefficient (Wildman–Crippen LogP) is 0.949. The molecule has 0 radical (unpaired) electrons. The van der Waals surface area contributed by atoms with E-state index in [-0.39, 0.29) is 5.69 Å². The van der Waals surface area contributed by atoms with E-state index in [1.165, 1.54) is 4.80 Å². The third-order valence-electron chi connectivity index (χ3n) is 1.70. The summed E-state index contributed by atoms with van der Waals surface area (Å²) < 4.78 is 0. The van der Waals surface area contributed by atoms with Crippen molar-refractivity contribution >= 4 is 5.97 Å². The molecule has 0 aromatic carbocycles. The first kappa shape index (κ1) is 9.70. The van der Waals surface area contributed by atoms with E-state index in [0.29, 0.717) is 18.7 Å². The first-order valence-corrected chi connectivity index (χ1v) is 4.36. The molecule has 0 aliphatic heterocycles. The summed E-state index contributed by atoms with van der Waals surface area (Å²) in [7, 11) is 0. The first-order chi connectivity index (χ1) is 6.19. The highest BCUT2D eigenvalue weighted by Crippen LogP contribution is 2.05. The topological polar surface area (TPSA) is 68.0 Å². The fraction of sp³-hybridized carbons (Fsp3) is 0.625. The minimum Gasteiger partial charge on any atom is -0.476 e. The van der Waals surface area contributed by atoms with Gasteiger partial charge in [-0.25, -0.2) is 4.79 Å². The van der Waals surface area contributed by atoms with Crippen LogP contribution in [0.1, 0.15) is 36.5 Å². The molecule has 13 heavy (non-hydrogen) atoms. The second-order valence-electron chi connectivity index (χ2n) is 2.74. The maximum absolute atomic E-state index is 10.7. The van der Waals surface area contributed by atoms with Crippen molar-refractivity contribution < 1.29 is 9.90 Å². The standard InChI is InChI=1S/C8H13N3O2/c1-3-5-6-7(8(12)13)10-11(4-2)9-6/h3-5H2,1-2H3,(H,12,13). The van der Waals surface area contributed by atoms with E-state index in [2.05, 4.69) is 10.2 Å². The van der Waals surface area contributed by atoms with Gasteiger partial charge in [0.2, 0.25) is 0 Å². The van der Waals surface area contributed by atoms with Gasteiger partial charge in [0.1, 0.15) is 0 Å². The SMILES string of the molecule is CCCc1nn(CC)nc1C(=O)O. The van der Waals surface area contributed by atoms with Crippen molar-refractivity contribution in [3.8, 4) is 0 Å². The number of aryl methyl sites for hydroxylation is 2. The molecule has 0 spiro atoms. The summed E-state index contributed by atoms with van der Waals surface area (Å²) in [5.74, 6) is -0.997. The Balaban J connectivity index is 3.00. The lowest BCUT2D eigenvalue weighted by Crippen LogP contribution is -2.02. The number of carbonyl (C=O) groups is 1. The summed E-state index contributed by atoms with van der Waals surface area (Å²) in [6.07, 6.45) is 1.55. The number of carboxylic acids is 1. The molecule has 0 aliphatic carbocycles. The van der Waals surface area contributed by atoms with Crippen molar-refractivity contribution in [1.29, 1.82) is 0 Å². The number of carboxylic acid groups (broad SMARTS) is 1. The Bertz CT molecular complexity index is 306. The Morgan fingerprint density at radius 3 is 2.62 bits per heavy atom. The van der Waals surface area contributed by atoms with E-state index >= 15 is 0 Å². The van der Waals surface area contributed by atoms with Crippen molar-refractivity contribution in [2.24, 2.45) is 0 Å². The number of aromatic nitrogens is 3. The third-order valence-corrected chi connectivity index (χ3v) is 1.70. The van der Waals surface area contributed by atoms with Crippen molar-refractivity contribution in [3.05, 3.63) is 11.4 Å². The van der Waals surface area contributed by atoms with Crippen LogP contribution in [0.4, 0.5) is 0 Å². The van der Waals surface area contributed by atoms with Crippen LogP contribution in [-0.2, 0) is 13.0 Å². The van der Waals surface area contributed by atoms with Gasteiger partial charge in [-0.15, -0.1) is 5.10 Å². The highest BCUT2D eigenvalue weighted by Gasteiger charge is 2.15. The maximum Gasteiger partial charge on any atom is 0.358 e. The van der Waals surface area contributed by atoms with E-state index in [1.54, 1.807) is 0 Å². The van der Waals surface area contributed by atoms with Gasteiger partial charge in [-0.05, 0) is 13.3 Å². The molecule has 0 saturated heterocycles. The highest BCUT2D eigenvalue weighted by molar-refractivity contribution is 5.86. The molecular weight excluding hydrogens is 170 g/mol. The van der Waals surface area contributed by atoms with Crippen molar-refractivity contribution in [2.75, 3.05) is 0 Å². The zero-order chi connectivity index (χ0) is 9.84.